The number of hydrogen-bond acceptors (Lipinski definition) is 6. The van der Waals surface area contributed by atoms with Crippen LogP contribution in [0.5, 0.6) is 0 Å². The van der Waals surface area contributed by atoms with Crippen molar-refractivity contribution >= 4 is 11.7 Å². The van der Waals surface area contributed by atoms with Crippen molar-refractivity contribution in [3.8, 4) is 0 Å². The quantitative estimate of drug-likeness (QED) is 0.596. The molecule has 3 unspecified atom stereocenters. The third kappa shape index (κ3) is 2.22. The van der Waals surface area contributed by atoms with Gasteiger partial charge >= 0.3 is 5.97 Å². The molecule has 0 amide bonds. The summed E-state index contributed by atoms with van der Waals surface area (Å²) in [5.74, 6) is -2.06. The van der Waals surface area contributed by atoms with E-state index in [0.29, 0.717) is 19.6 Å². The van der Waals surface area contributed by atoms with E-state index in [9.17, 15) is 9.90 Å². The van der Waals surface area contributed by atoms with Crippen LogP contribution in [-0.4, -0.2) is 41.9 Å². The number of carbonyl (C=O) groups is 1. The number of ether oxygens (including phenoxy) is 2. The number of nitrogens with zero attached hydrogens (tertiary/aromatic N) is 1. The van der Waals surface area contributed by atoms with Crippen LogP contribution < -0.4 is 0 Å². The van der Waals surface area contributed by atoms with E-state index in [0.717, 1.165) is 12.8 Å². The van der Waals surface area contributed by atoms with Gasteiger partial charge in [0.1, 0.15) is 0 Å². The lowest BCUT2D eigenvalue weighted by Gasteiger charge is -2.38. The highest BCUT2D eigenvalue weighted by Crippen LogP contribution is 2.40. The van der Waals surface area contributed by atoms with Crippen LogP contribution in [0.2, 0.25) is 0 Å². The van der Waals surface area contributed by atoms with Crippen molar-refractivity contribution in [2.45, 2.75) is 45.0 Å². The van der Waals surface area contributed by atoms with Crippen molar-refractivity contribution in [3.05, 3.63) is 0 Å². The lowest BCUT2D eigenvalue weighted by Crippen LogP contribution is -2.52. The second-order valence-corrected chi connectivity index (χ2v) is 4.50. The highest BCUT2D eigenvalue weighted by atomic mass is 16.7. The molecule has 102 valence electrons. The van der Waals surface area contributed by atoms with Gasteiger partial charge in [0, 0.05) is 13.0 Å². The van der Waals surface area contributed by atoms with Crippen LogP contribution >= 0.6 is 0 Å². The summed E-state index contributed by atoms with van der Waals surface area (Å²) in [4.78, 5) is 16.9. The van der Waals surface area contributed by atoms with Gasteiger partial charge in [-0.15, -0.1) is 0 Å². The van der Waals surface area contributed by atoms with Gasteiger partial charge in [-0.1, -0.05) is 5.16 Å². The molecule has 18 heavy (non-hydrogen) atoms. The topological polar surface area (TPSA) is 77.4 Å². The minimum absolute atomic E-state index is 0.241. The molecule has 0 aromatic rings. The Morgan fingerprint density at radius 3 is 3.00 bits per heavy atom. The summed E-state index contributed by atoms with van der Waals surface area (Å²) < 4.78 is 10.3. The van der Waals surface area contributed by atoms with Gasteiger partial charge in [0.25, 0.3) is 0 Å². The van der Waals surface area contributed by atoms with Gasteiger partial charge < -0.3 is 19.4 Å². The summed E-state index contributed by atoms with van der Waals surface area (Å²) in [6.45, 7) is 4.23. The second-order valence-electron chi connectivity index (χ2n) is 4.50. The predicted molar refractivity (Wildman–Crippen MR) is 62.9 cm³/mol. The second kappa shape index (κ2) is 5.24. The number of aliphatic hydroxyl groups is 1. The summed E-state index contributed by atoms with van der Waals surface area (Å²) in [6.07, 6.45) is 1.40. The first-order chi connectivity index (χ1) is 8.62. The fourth-order valence-electron chi connectivity index (χ4n) is 2.60. The van der Waals surface area contributed by atoms with Crippen LogP contribution in [0.1, 0.15) is 33.1 Å². The van der Waals surface area contributed by atoms with Crippen molar-refractivity contribution < 1.29 is 24.2 Å². The Morgan fingerprint density at radius 2 is 2.33 bits per heavy atom. The molecule has 1 saturated carbocycles. The molecule has 0 radical (unpaired) electrons. The summed E-state index contributed by atoms with van der Waals surface area (Å²) in [5.41, 5.74) is 0.264. The molecule has 0 saturated heterocycles. The highest BCUT2D eigenvalue weighted by molar-refractivity contribution is 6.37. The maximum Gasteiger partial charge on any atom is 0.356 e. The van der Waals surface area contributed by atoms with Gasteiger partial charge in [0.2, 0.25) is 5.79 Å². The molecule has 2 rings (SSSR count). The maximum absolute atomic E-state index is 11.7. The summed E-state index contributed by atoms with van der Waals surface area (Å²) in [6, 6.07) is 0. The molecule has 2 aliphatic rings. The van der Waals surface area contributed by atoms with Gasteiger partial charge in [0.15, 0.2) is 11.8 Å². The summed E-state index contributed by atoms with van der Waals surface area (Å²) >= 11 is 0. The third-order valence-corrected chi connectivity index (χ3v) is 3.35. The number of oxime groups is 1. The highest BCUT2D eigenvalue weighted by Gasteiger charge is 2.54. The van der Waals surface area contributed by atoms with Crippen LogP contribution in [-0.2, 0) is 19.1 Å². The van der Waals surface area contributed by atoms with Crippen LogP contribution in [0.3, 0.4) is 0 Å². The standard InChI is InChI=1S/C12H19NO5/c1-3-16-11(14)9-8-6-5-7-12(15,17-4-2)10(8)18-13-9/h8,10,15H,3-7H2,1-2H3. The molecule has 6 heteroatoms. The van der Waals surface area contributed by atoms with E-state index in [-0.39, 0.29) is 11.6 Å². The minimum atomic E-state index is -1.35. The molecule has 0 bridgehead atoms. The molecule has 0 aromatic carbocycles. The van der Waals surface area contributed by atoms with E-state index < -0.39 is 17.9 Å². The minimum Gasteiger partial charge on any atom is -0.461 e. The van der Waals surface area contributed by atoms with E-state index in [2.05, 4.69) is 5.16 Å². The first-order valence-electron chi connectivity index (χ1n) is 6.39. The molecule has 0 spiro atoms. The Hall–Kier alpha value is -1.14. The average molecular weight is 257 g/mol. The Kier molecular flexibility index (Phi) is 3.87. The maximum atomic E-state index is 11.7. The van der Waals surface area contributed by atoms with Crippen LogP contribution in [0.4, 0.5) is 0 Å². The average Bonchev–Trinajstić information content (AvgIpc) is 2.75. The van der Waals surface area contributed by atoms with Crippen LogP contribution in [0.15, 0.2) is 5.16 Å². The number of carbonyl (C=O) groups excluding carboxylic acids is 1. The third-order valence-electron chi connectivity index (χ3n) is 3.35. The smallest absolute Gasteiger partial charge is 0.356 e. The molecule has 6 nitrogen and oxygen atoms in total. The van der Waals surface area contributed by atoms with Gasteiger partial charge in [-0.05, 0) is 26.7 Å². The first kappa shape index (κ1) is 13.3. The normalized spacial score (nSPS) is 34.5. The molecular formula is C12H19NO5. The number of rotatable bonds is 4. The van der Waals surface area contributed by atoms with Gasteiger partial charge in [-0.3, -0.25) is 0 Å². The van der Waals surface area contributed by atoms with Gasteiger partial charge in [0.05, 0.1) is 12.5 Å². The molecule has 1 fully saturated rings. The molecule has 1 heterocycles. The van der Waals surface area contributed by atoms with E-state index >= 15 is 0 Å². The van der Waals surface area contributed by atoms with E-state index in [1.54, 1.807) is 6.92 Å². The Labute approximate surface area is 106 Å². The summed E-state index contributed by atoms with van der Waals surface area (Å²) in [7, 11) is 0. The molecule has 1 aliphatic heterocycles. The van der Waals surface area contributed by atoms with Crippen LogP contribution in [0, 0.1) is 5.92 Å². The monoisotopic (exact) mass is 257 g/mol. The Balaban J connectivity index is 2.11. The number of hydrogen-bond donors (Lipinski definition) is 1. The first-order valence-corrected chi connectivity index (χ1v) is 6.39. The Bertz CT molecular complexity index is 352. The molecule has 0 aromatic heterocycles. The zero-order chi connectivity index (χ0) is 13.2. The summed E-state index contributed by atoms with van der Waals surface area (Å²) in [5, 5.41) is 14.2. The predicted octanol–water partition coefficient (Wildman–Crippen LogP) is 0.829. The van der Waals surface area contributed by atoms with Crippen molar-refractivity contribution in [3.63, 3.8) is 0 Å². The fourth-order valence-corrected chi connectivity index (χ4v) is 2.60. The van der Waals surface area contributed by atoms with E-state index in [1.807, 2.05) is 6.92 Å². The lowest BCUT2D eigenvalue weighted by atomic mass is 9.79. The molecule has 3 atom stereocenters. The fraction of sp³-hybridized carbons (Fsp3) is 0.833. The lowest BCUT2D eigenvalue weighted by molar-refractivity contribution is -0.280. The van der Waals surface area contributed by atoms with Crippen molar-refractivity contribution in [2.75, 3.05) is 13.2 Å². The molecule has 1 aliphatic carbocycles. The van der Waals surface area contributed by atoms with Crippen molar-refractivity contribution in [1.29, 1.82) is 0 Å². The number of esters is 1. The SMILES string of the molecule is CCOC(=O)C1=NOC2C1CCCC2(O)OCC. The van der Waals surface area contributed by atoms with E-state index in [4.69, 9.17) is 14.3 Å². The zero-order valence-corrected chi connectivity index (χ0v) is 10.7. The zero-order valence-electron chi connectivity index (χ0n) is 10.7. The number of fused-ring (bicyclic) bond motifs is 1. The van der Waals surface area contributed by atoms with Crippen molar-refractivity contribution in [2.24, 2.45) is 11.1 Å². The van der Waals surface area contributed by atoms with Crippen LogP contribution in [0.25, 0.3) is 0 Å². The Morgan fingerprint density at radius 1 is 1.56 bits per heavy atom. The van der Waals surface area contributed by atoms with Gasteiger partial charge in [-0.25, -0.2) is 4.79 Å². The van der Waals surface area contributed by atoms with Crippen molar-refractivity contribution in [1.82, 2.24) is 0 Å². The van der Waals surface area contributed by atoms with E-state index in [1.165, 1.54) is 0 Å². The molecule has 1 N–H and O–H groups in total. The molecular weight excluding hydrogens is 238 g/mol. The largest absolute Gasteiger partial charge is 0.461 e. The van der Waals surface area contributed by atoms with Gasteiger partial charge in [-0.2, -0.15) is 0 Å².